The molecule has 4 heterocycles. The molecule has 9 heteroatoms. The van der Waals surface area contributed by atoms with Gasteiger partial charge >= 0.3 is 11.9 Å². The molecule has 3 saturated heterocycles. The molecule has 2 aliphatic carbocycles. The topological polar surface area (TPSA) is 124 Å². The minimum atomic E-state index is -1.47. The maximum atomic E-state index is 13.2. The van der Waals surface area contributed by atoms with Gasteiger partial charge < -0.3 is 33.9 Å². The number of cyclic esters (lactones) is 1. The zero-order valence-corrected chi connectivity index (χ0v) is 22.1. The predicted octanol–water partition coefficient (Wildman–Crippen LogP) is 2.07. The summed E-state index contributed by atoms with van der Waals surface area (Å²) in [5, 5.41) is 21.7. The molecule has 0 aromatic rings. The Morgan fingerprint density at radius 2 is 1.87 bits per heavy atom. The van der Waals surface area contributed by atoms with Crippen molar-refractivity contribution in [3.05, 3.63) is 47.6 Å². The van der Waals surface area contributed by atoms with Gasteiger partial charge in [0.2, 0.25) is 0 Å². The third-order valence-corrected chi connectivity index (χ3v) is 10.1. The van der Waals surface area contributed by atoms with Gasteiger partial charge in [-0.15, -0.1) is 0 Å². The molecule has 4 aliphatic heterocycles. The summed E-state index contributed by atoms with van der Waals surface area (Å²) < 4.78 is 30.6. The quantitative estimate of drug-likeness (QED) is 0.299. The van der Waals surface area contributed by atoms with Gasteiger partial charge in [-0.3, -0.25) is 0 Å². The summed E-state index contributed by atoms with van der Waals surface area (Å²) in [5.74, 6) is -1.10. The average Bonchev–Trinajstić information content (AvgIpc) is 3.65. The number of rotatable bonds is 1. The van der Waals surface area contributed by atoms with Crippen molar-refractivity contribution in [1.82, 2.24) is 0 Å². The fraction of sp³-hybridized carbons (Fsp3) is 0.655. The van der Waals surface area contributed by atoms with Crippen molar-refractivity contribution >= 4 is 11.9 Å². The number of ether oxygens (including phenoxy) is 5. The predicted molar refractivity (Wildman–Crippen MR) is 134 cm³/mol. The second-order valence-electron chi connectivity index (χ2n) is 11.8. The Hall–Kier alpha value is -2.30. The van der Waals surface area contributed by atoms with Crippen molar-refractivity contribution in [2.45, 2.75) is 88.2 Å². The van der Waals surface area contributed by atoms with E-state index < -0.39 is 52.3 Å². The van der Waals surface area contributed by atoms with Gasteiger partial charge in [-0.2, -0.15) is 0 Å². The van der Waals surface area contributed by atoms with Gasteiger partial charge in [0.25, 0.3) is 0 Å². The van der Waals surface area contributed by atoms with Crippen LogP contribution in [0.2, 0.25) is 0 Å². The Labute approximate surface area is 222 Å². The first-order chi connectivity index (χ1) is 18.1. The van der Waals surface area contributed by atoms with E-state index in [-0.39, 0.29) is 25.4 Å². The van der Waals surface area contributed by atoms with E-state index >= 15 is 0 Å². The van der Waals surface area contributed by atoms with Crippen LogP contribution in [0.5, 0.6) is 0 Å². The van der Waals surface area contributed by atoms with Gasteiger partial charge in [0, 0.05) is 24.0 Å². The molecule has 2 spiro atoms. The van der Waals surface area contributed by atoms with E-state index in [9.17, 15) is 19.8 Å². The monoisotopic (exact) mass is 528 g/mol. The second-order valence-corrected chi connectivity index (χ2v) is 11.8. The van der Waals surface area contributed by atoms with Crippen LogP contribution in [0.25, 0.3) is 0 Å². The molecule has 0 radical (unpaired) electrons. The molecule has 38 heavy (non-hydrogen) atoms. The van der Waals surface area contributed by atoms with Crippen LogP contribution in [-0.4, -0.2) is 83.7 Å². The minimum absolute atomic E-state index is 0.0519. The van der Waals surface area contributed by atoms with E-state index in [1.807, 2.05) is 0 Å². The standard InChI is InChI=1S/C29H36O9/c1-17-7-10-27-15-34-24(32)13-19-8-11-35-28(18(2)30,25(19)33)9-5-4-6-23(31)38-20-14-22(37-21(27)12-17)29(16-36-29)26(20,27)3/h4-6,9,12-13,18,20-22,25,30,33H,7-8,10-11,14-16H2,1-3H3/b6-4?,9-5-,19-13-/t18?,20?,21?,22-,25?,26-,27?,28?,29?/m1/s1. The van der Waals surface area contributed by atoms with E-state index in [0.29, 0.717) is 31.4 Å². The number of epoxide rings is 1. The Kier molecular flexibility index (Phi) is 6.05. The molecule has 9 atom stereocenters. The number of fused-ring (bicyclic) bond motifs is 2. The number of hydrogen-bond donors (Lipinski definition) is 2. The molecule has 0 aromatic carbocycles. The number of aliphatic hydroxyl groups excluding tert-OH is 2. The number of carbonyl (C=O) groups is 2. The third-order valence-electron chi connectivity index (χ3n) is 10.1. The lowest BCUT2D eigenvalue weighted by atomic mass is 9.51. The summed E-state index contributed by atoms with van der Waals surface area (Å²) in [4.78, 5) is 26.2. The molecule has 4 fully saturated rings. The van der Waals surface area contributed by atoms with Crippen LogP contribution in [0.15, 0.2) is 47.6 Å². The third kappa shape index (κ3) is 3.48. The molecule has 6 rings (SSSR count). The molecular weight excluding hydrogens is 492 g/mol. The lowest BCUT2D eigenvalue weighted by Gasteiger charge is -2.58. The van der Waals surface area contributed by atoms with E-state index in [4.69, 9.17) is 23.7 Å². The summed E-state index contributed by atoms with van der Waals surface area (Å²) in [6, 6.07) is 0. The zero-order valence-electron chi connectivity index (χ0n) is 22.1. The van der Waals surface area contributed by atoms with Crippen LogP contribution in [0, 0.1) is 10.8 Å². The summed E-state index contributed by atoms with van der Waals surface area (Å²) >= 11 is 0. The van der Waals surface area contributed by atoms with Crippen molar-refractivity contribution in [2.75, 3.05) is 19.8 Å². The number of allylic oxidation sites excluding steroid dienone is 3. The number of esters is 2. The lowest BCUT2D eigenvalue weighted by molar-refractivity contribution is -0.232. The highest BCUT2D eigenvalue weighted by atomic mass is 16.6. The van der Waals surface area contributed by atoms with Gasteiger partial charge in [0.1, 0.15) is 30.0 Å². The lowest BCUT2D eigenvalue weighted by Crippen LogP contribution is -2.66. The number of carbonyl (C=O) groups excluding carboxylic acids is 2. The SMILES string of the molecule is CC1=CC2O[C@@H]3CC4OC(=O)C=C/C=C\C5(C(C)O)OCC/C(=C/C(=O)OCC2(CC1)[C@]4(C)C31CO1)C5O. The summed E-state index contributed by atoms with van der Waals surface area (Å²) in [5.41, 5.74) is -1.76. The maximum Gasteiger partial charge on any atom is 0.331 e. The van der Waals surface area contributed by atoms with Crippen LogP contribution in [0.3, 0.4) is 0 Å². The van der Waals surface area contributed by atoms with Gasteiger partial charge in [-0.1, -0.05) is 30.7 Å². The molecule has 6 aliphatic rings. The largest absolute Gasteiger partial charge is 0.462 e. The highest BCUT2D eigenvalue weighted by Crippen LogP contribution is 2.72. The van der Waals surface area contributed by atoms with E-state index in [1.54, 1.807) is 6.08 Å². The molecular formula is C29H36O9. The molecule has 206 valence electrons. The van der Waals surface area contributed by atoms with Crippen molar-refractivity contribution in [3.8, 4) is 0 Å². The van der Waals surface area contributed by atoms with E-state index in [1.165, 1.54) is 36.8 Å². The Morgan fingerprint density at radius 3 is 2.61 bits per heavy atom. The molecule has 2 N–H and O–H groups in total. The van der Waals surface area contributed by atoms with Crippen LogP contribution >= 0.6 is 0 Å². The normalized spacial score (nSPS) is 49.2. The van der Waals surface area contributed by atoms with Crippen molar-refractivity contribution < 1.29 is 43.5 Å². The van der Waals surface area contributed by atoms with Gasteiger partial charge in [-0.25, -0.2) is 9.59 Å². The smallest absolute Gasteiger partial charge is 0.331 e. The van der Waals surface area contributed by atoms with Crippen molar-refractivity contribution in [2.24, 2.45) is 10.8 Å². The van der Waals surface area contributed by atoms with E-state index in [2.05, 4.69) is 19.9 Å². The fourth-order valence-corrected chi connectivity index (χ4v) is 7.68. The number of hydrogen-bond acceptors (Lipinski definition) is 9. The van der Waals surface area contributed by atoms with Crippen LogP contribution < -0.4 is 0 Å². The first-order valence-electron chi connectivity index (χ1n) is 13.5. The van der Waals surface area contributed by atoms with Crippen molar-refractivity contribution in [1.29, 1.82) is 0 Å². The Balaban J connectivity index is 1.44. The first-order valence-corrected chi connectivity index (χ1v) is 13.5. The molecule has 0 aromatic heterocycles. The van der Waals surface area contributed by atoms with E-state index in [0.717, 1.165) is 6.42 Å². The maximum absolute atomic E-state index is 13.2. The van der Waals surface area contributed by atoms with Crippen LogP contribution in [-0.2, 0) is 33.3 Å². The molecule has 0 amide bonds. The first kappa shape index (κ1) is 26.0. The zero-order chi connectivity index (χ0) is 26.9. The summed E-state index contributed by atoms with van der Waals surface area (Å²) in [6.45, 7) is 6.43. The molecule has 4 bridgehead atoms. The molecule has 1 saturated carbocycles. The summed E-state index contributed by atoms with van der Waals surface area (Å²) in [7, 11) is 0. The number of aliphatic hydroxyl groups is 2. The van der Waals surface area contributed by atoms with Crippen molar-refractivity contribution in [3.63, 3.8) is 0 Å². The minimum Gasteiger partial charge on any atom is -0.462 e. The second kappa shape index (κ2) is 8.86. The fourth-order valence-electron chi connectivity index (χ4n) is 7.68. The van der Waals surface area contributed by atoms with Gasteiger partial charge in [0.15, 0.2) is 0 Å². The van der Waals surface area contributed by atoms with Crippen LogP contribution in [0.1, 0.15) is 46.5 Å². The Morgan fingerprint density at radius 1 is 1.08 bits per heavy atom. The van der Waals surface area contributed by atoms with Crippen LogP contribution in [0.4, 0.5) is 0 Å². The molecule has 7 unspecified atom stereocenters. The Bertz CT molecular complexity index is 1150. The van der Waals surface area contributed by atoms with Gasteiger partial charge in [0.05, 0.1) is 36.9 Å². The highest BCUT2D eigenvalue weighted by molar-refractivity contribution is 5.83. The summed E-state index contributed by atoms with van der Waals surface area (Å²) in [6.07, 6.45) is 8.21. The molecule has 9 nitrogen and oxygen atoms in total. The average molecular weight is 529 g/mol. The van der Waals surface area contributed by atoms with Gasteiger partial charge in [-0.05, 0) is 44.8 Å². The highest BCUT2D eigenvalue weighted by Gasteiger charge is 2.83.